The zero-order valence-corrected chi connectivity index (χ0v) is 10.3. The van der Waals surface area contributed by atoms with E-state index in [4.69, 9.17) is 9.84 Å². The Hall–Kier alpha value is -1.30. The van der Waals surface area contributed by atoms with Crippen molar-refractivity contribution < 1.29 is 24.2 Å². The molecule has 6 heteroatoms. The van der Waals surface area contributed by atoms with Gasteiger partial charge in [0.15, 0.2) is 0 Å². The molecule has 2 N–H and O–H groups in total. The van der Waals surface area contributed by atoms with Crippen LogP contribution in [-0.4, -0.2) is 42.5 Å². The average Bonchev–Trinajstić information content (AvgIpc) is 2.23. The standard InChI is InChI=1S/C11H19NO5/c1-6-4-8(5-7(2)17-6)9(10(13)14)12-11(15)16-3/h6-9H,4-5H2,1-3H3,(H,12,15)(H,13,14)/t6-,7+,8?,9-/m1/s1. The van der Waals surface area contributed by atoms with Crippen molar-refractivity contribution >= 4 is 12.1 Å². The van der Waals surface area contributed by atoms with Gasteiger partial charge in [0.05, 0.1) is 19.3 Å². The first-order valence-electron chi connectivity index (χ1n) is 5.66. The molecule has 0 radical (unpaired) electrons. The second kappa shape index (κ2) is 5.86. The van der Waals surface area contributed by atoms with Gasteiger partial charge in [-0.2, -0.15) is 0 Å². The highest BCUT2D eigenvalue weighted by Crippen LogP contribution is 2.27. The maximum absolute atomic E-state index is 11.2. The lowest BCUT2D eigenvalue weighted by Crippen LogP contribution is -2.49. The van der Waals surface area contributed by atoms with Crippen LogP contribution >= 0.6 is 0 Å². The van der Waals surface area contributed by atoms with Gasteiger partial charge in [-0.3, -0.25) is 0 Å². The number of methoxy groups -OCH3 is 1. The molecule has 1 unspecified atom stereocenters. The minimum Gasteiger partial charge on any atom is -0.480 e. The van der Waals surface area contributed by atoms with Gasteiger partial charge in [0.2, 0.25) is 0 Å². The zero-order valence-electron chi connectivity index (χ0n) is 10.3. The molecule has 0 saturated carbocycles. The van der Waals surface area contributed by atoms with Crippen molar-refractivity contribution in [3.63, 3.8) is 0 Å². The first kappa shape index (κ1) is 13.8. The predicted octanol–water partition coefficient (Wildman–Crippen LogP) is 0.999. The predicted molar refractivity (Wildman–Crippen MR) is 59.7 cm³/mol. The van der Waals surface area contributed by atoms with Crippen LogP contribution in [0.15, 0.2) is 0 Å². The Morgan fingerprint density at radius 3 is 2.29 bits per heavy atom. The van der Waals surface area contributed by atoms with Crippen LogP contribution in [-0.2, 0) is 14.3 Å². The highest BCUT2D eigenvalue weighted by molar-refractivity contribution is 5.80. The molecule has 1 aliphatic rings. The van der Waals surface area contributed by atoms with E-state index in [-0.39, 0.29) is 18.1 Å². The Balaban J connectivity index is 2.69. The number of aliphatic carboxylic acids is 1. The van der Waals surface area contributed by atoms with Crippen molar-refractivity contribution in [3.05, 3.63) is 0 Å². The number of hydrogen-bond acceptors (Lipinski definition) is 4. The van der Waals surface area contributed by atoms with Crippen molar-refractivity contribution in [3.8, 4) is 0 Å². The molecule has 17 heavy (non-hydrogen) atoms. The second-order valence-electron chi connectivity index (χ2n) is 4.44. The fraction of sp³-hybridized carbons (Fsp3) is 0.818. The summed E-state index contributed by atoms with van der Waals surface area (Å²) < 4.78 is 9.97. The summed E-state index contributed by atoms with van der Waals surface area (Å²) in [5, 5.41) is 11.5. The number of nitrogens with one attached hydrogen (secondary N) is 1. The topological polar surface area (TPSA) is 84.9 Å². The number of hydrogen-bond donors (Lipinski definition) is 2. The minimum atomic E-state index is -1.04. The Kier molecular flexibility index (Phi) is 4.74. The molecule has 0 spiro atoms. The van der Waals surface area contributed by atoms with Crippen molar-refractivity contribution in [2.24, 2.45) is 5.92 Å². The first-order chi connectivity index (χ1) is 7.93. The van der Waals surface area contributed by atoms with Gasteiger partial charge >= 0.3 is 12.1 Å². The molecule has 98 valence electrons. The highest BCUT2D eigenvalue weighted by Gasteiger charge is 2.35. The van der Waals surface area contributed by atoms with Gasteiger partial charge in [0, 0.05) is 0 Å². The molecule has 6 nitrogen and oxygen atoms in total. The SMILES string of the molecule is COC(=O)N[C@@H](C(=O)O)C1C[C@@H](C)O[C@@H](C)C1. The molecule has 1 fully saturated rings. The number of carbonyl (C=O) groups is 2. The van der Waals surface area contributed by atoms with E-state index in [1.807, 2.05) is 13.8 Å². The quantitative estimate of drug-likeness (QED) is 0.774. The number of ether oxygens (including phenoxy) is 2. The van der Waals surface area contributed by atoms with Crippen LogP contribution in [0.5, 0.6) is 0 Å². The monoisotopic (exact) mass is 245 g/mol. The third-order valence-electron chi connectivity index (χ3n) is 2.93. The summed E-state index contributed by atoms with van der Waals surface area (Å²) in [6, 6.07) is -0.920. The van der Waals surface area contributed by atoms with Gasteiger partial charge < -0.3 is 19.9 Å². The second-order valence-corrected chi connectivity index (χ2v) is 4.44. The van der Waals surface area contributed by atoms with Crippen LogP contribution in [0.25, 0.3) is 0 Å². The van der Waals surface area contributed by atoms with Crippen LogP contribution in [0.1, 0.15) is 26.7 Å². The Morgan fingerprint density at radius 2 is 1.88 bits per heavy atom. The van der Waals surface area contributed by atoms with Crippen molar-refractivity contribution in [1.82, 2.24) is 5.32 Å². The molecule has 0 aliphatic carbocycles. The smallest absolute Gasteiger partial charge is 0.407 e. The lowest BCUT2D eigenvalue weighted by Gasteiger charge is -2.35. The Labute approximate surface area is 100 Å². The van der Waals surface area contributed by atoms with E-state index < -0.39 is 18.1 Å². The van der Waals surface area contributed by atoms with Crippen molar-refractivity contribution in [2.75, 3.05) is 7.11 Å². The van der Waals surface area contributed by atoms with Gasteiger partial charge in [0.1, 0.15) is 6.04 Å². The summed E-state index contributed by atoms with van der Waals surface area (Å²) >= 11 is 0. The molecule has 4 atom stereocenters. The number of alkyl carbamates (subject to hydrolysis) is 1. The number of carboxylic acid groups (broad SMARTS) is 1. The lowest BCUT2D eigenvalue weighted by atomic mass is 9.86. The minimum absolute atomic E-state index is 0.00467. The number of carbonyl (C=O) groups excluding carboxylic acids is 1. The van der Waals surface area contributed by atoms with Crippen LogP contribution < -0.4 is 5.32 Å². The summed E-state index contributed by atoms with van der Waals surface area (Å²) in [6.07, 6.45) is 0.524. The third-order valence-corrected chi connectivity index (χ3v) is 2.93. The van der Waals surface area contributed by atoms with Gasteiger partial charge in [-0.05, 0) is 32.6 Å². The van der Waals surface area contributed by atoms with E-state index in [0.717, 1.165) is 0 Å². The average molecular weight is 245 g/mol. The summed E-state index contributed by atoms with van der Waals surface area (Å²) in [5.74, 6) is -1.17. The van der Waals surface area contributed by atoms with Gasteiger partial charge in [-0.25, -0.2) is 9.59 Å². The number of amides is 1. The summed E-state index contributed by atoms with van der Waals surface area (Å²) in [5.41, 5.74) is 0. The molecular formula is C11H19NO5. The van der Waals surface area contributed by atoms with Crippen LogP contribution in [0, 0.1) is 5.92 Å². The van der Waals surface area contributed by atoms with E-state index in [9.17, 15) is 9.59 Å². The van der Waals surface area contributed by atoms with Crippen LogP contribution in [0.3, 0.4) is 0 Å². The van der Waals surface area contributed by atoms with Crippen molar-refractivity contribution in [1.29, 1.82) is 0 Å². The van der Waals surface area contributed by atoms with E-state index in [1.54, 1.807) is 0 Å². The Morgan fingerprint density at radius 1 is 1.35 bits per heavy atom. The van der Waals surface area contributed by atoms with E-state index in [1.165, 1.54) is 7.11 Å². The molecule has 1 heterocycles. The van der Waals surface area contributed by atoms with Crippen LogP contribution in [0.2, 0.25) is 0 Å². The van der Waals surface area contributed by atoms with E-state index in [2.05, 4.69) is 10.1 Å². The number of carboxylic acids is 1. The van der Waals surface area contributed by atoms with Crippen molar-refractivity contribution in [2.45, 2.75) is 44.9 Å². The molecule has 1 amide bonds. The normalized spacial score (nSPS) is 30.4. The third kappa shape index (κ3) is 3.89. The molecule has 0 aromatic heterocycles. The van der Waals surface area contributed by atoms with Gasteiger partial charge in [-0.15, -0.1) is 0 Å². The first-order valence-corrected chi connectivity index (χ1v) is 5.66. The highest BCUT2D eigenvalue weighted by atomic mass is 16.5. The van der Waals surface area contributed by atoms with Gasteiger partial charge in [0.25, 0.3) is 0 Å². The largest absolute Gasteiger partial charge is 0.480 e. The molecular weight excluding hydrogens is 226 g/mol. The molecule has 0 bridgehead atoms. The fourth-order valence-corrected chi connectivity index (χ4v) is 2.30. The van der Waals surface area contributed by atoms with E-state index >= 15 is 0 Å². The fourth-order valence-electron chi connectivity index (χ4n) is 2.30. The molecule has 1 aliphatic heterocycles. The molecule has 0 aromatic rings. The molecule has 1 saturated heterocycles. The van der Waals surface area contributed by atoms with Crippen LogP contribution in [0.4, 0.5) is 4.79 Å². The maximum Gasteiger partial charge on any atom is 0.407 e. The summed E-state index contributed by atoms with van der Waals surface area (Å²) in [4.78, 5) is 22.3. The number of rotatable bonds is 3. The Bertz CT molecular complexity index is 284. The van der Waals surface area contributed by atoms with Gasteiger partial charge in [-0.1, -0.05) is 0 Å². The molecule has 0 aromatic carbocycles. The maximum atomic E-state index is 11.2. The van der Waals surface area contributed by atoms with E-state index in [0.29, 0.717) is 12.8 Å². The summed E-state index contributed by atoms with van der Waals surface area (Å²) in [6.45, 7) is 3.80. The molecule has 1 rings (SSSR count). The summed E-state index contributed by atoms with van der Waals surface area (Å²) in [7, 11) is 1.21. The zero-order chi connectivity index (χ0) is 13.0. The lowest BCUT2D eigenvalue weighted by molar-refractivity contribution is -0.143.